The number of anilines is 1. The van der Waals surface area contributed by atoms with Gasteiger partial charge in [0.2, 0.25) is 0 Å². The fourth-order valence-corrected chi connectivity index (χ4v) is 2.28. The fraction of sp³-hybridized carbons (Fsp3) is 0.0667. The summed E-state index contributed by atoms with van der Waals surface area (Å²) < 4.78 is 0. The summed E-state index contributed by atoms with van der Waals surface area (Å²) in [5, 5.41) is 5.12. The molecular weight excluding hydrogens is 308 g/mol. The molecule has 0 aliphatic rings. The van der Waals surface area contributed by atoms with Crippen LogP contribution in [0, 0.1) is 0 Å². The van der Waals surface area contributed by atoms with Crippen molar-refractivity contribution < 1.29 is 9.59 Å². The summed E-state index contributed by atoms with van der Waals surface area (Å²) in [4.78, 5) is 24.8. The van der Waals surface area contributed by atoms with E-state index in [-0.39, 0.29) is 5.56 Å². The van der Waals surface area contributed by atoms with Gasteiger partial charge in [-0.05, 0) is 42.7 Å². The molecule has 0 radical (unpaired) electrons. The maximum atomic E-state index is 11.9. The molecule has 3 amide bonds. The van der Waals surface area contributed by atoms with Crippen LogP contribution in [0.4, 0.5) is 10.5 Å². The molecule has 0 saturated heterocycles. The molecule has 4 nitrogen and oxygen atoms in total. The van der Waals surface area contributed by atoms with Crippen molar-refractivity contribution in [3.05, 3.63) is 59.1 Å². The molecule has 2 aromatic carbocycles. The Hall–Kier alpha value is -1.98. The standard InChI is InChI=1S/C15H13ClN2O2S/c1-21-11-8-6-10(7-9-11)17-15(20)18-14(19)12-4-2-3-5-13(12)16/h2-9H,1H3,(H2,17,18,19,20). The number of nitrogens with one attached hydrogen (secondary N) is 2. The van der Waals surface area contributed by atoms with Gasteiger partial charge in [0.05, 0.1) is 10.6 Å². The molecule has 0 aromatic heterocycles. The first-order valence-corrected chi connectivity index (χ1v) is 7.71. The van der Waals surface area contributed by atoms with Gasteiger partial charge in [-0.1, -0.05) is 23.7 Å². The number of hydrogen-bond acceptors (Lipinski definition) is 3. The molecular formula is C15H13ClN2O2S. The molecule has 0 aliphatic heterocycles. The van der Waals surface area contributed by atoms with E-state index in [1.54, 1.807) is 48.2 Å². The predicted molar refractivity (Wildman–Crippen MR) is 86.2 cm³/mol. The molecule has 0 bridgehead atoms. The van der Waals surface area contributed by atoms with Crippen molar-refractivity contribution in [1.82, 2.24) is 5.32 Å². The van der Waals surface area contributed by atoms with E-state index in [1.165, 1.54) is 0 Å². The second-order valence-corrected chi connectivity index (χ2v) is 5.40. The summed E-state index contributed by atoms with van der Waals surface area (Å²) >= 11 is 7.51. The molecule has 0 saturated carbocycles. The molecule has 21 heavy (non-hydrogen) atoms. The van der Waals surface area contributed by atoms with Crippen molar-refractivity contribution in [2.45, 2.75) is 4.90 Å². The summed E-state index contributed by atoms with van der Waals surface area (Å²) in [6.45, 7) is 0. The summed E-state index contributed by atoms with van der Waals surface area (Å²) in [7, 11) is 0. The van der Waals surface area contributed by atoms with E-state index in [1.807, 2.05) is 18.4 Å². The fourth-order valence-electron chi connectivity index (χ4n) is 1.65. The minimum atomic E-state index is -0.600. The van der Waals surface area contributed by atoms with Gasteiger partial charge in [-0.3, -0.25) is 10.1 Å². The van der Waals surface area contributed by atoms with Crippen molar-refractivity contribution in [2.75, 3.05) is 11.6 Å². The van der Waals surface area contributed by atoms with Crippen molar-refractivity contribution in [3.63, 3.8) is 0 Å². The number of rotatable bonds is 3. The van der Waals surface area contributed by atoms with Crippen LogP contribution in [0.2, 0.25) is 5.02 Å². The van der Waals surface area contributed by atoms with Crippen LogP contribution in [0.3, 0.4) is 0 Å². The summed E-state index contributed by atoms with van der Waals surface area (Å²) in [6.07, 6.45) is 1.97. The number of carbonyl (C=O) groups is 2. The number of thioether (sulfide) groups is 1. The average molecular weight is 321 g/mol. The number of amides is 3. The highest BCUT2D eigenvalue weighted by Gasteiger charge is 2.12. The lowest BCUT2D eigenvalue weighted by atomic mass is 10.2. The van der Waals surface area contributed by atoms with E-state index in [4.69, 9.17) is 11.6 Å². The normalized spacial score (nSPS) is 10.0. The largest absolute Gasteiger partial charge is 0.326 e. The van der Waals surface area contributed by atoms with Crippen LogP contribution in [0.25, 0.3) is 0 Å². The summed E-state index contributed by atoms with van der Waals surface area (Å²) in [5.41, 5.74) is 0.865. The third kappa shape index (κ3) is 4.24. The van der Waals surface area contributed by atoms with E-state index in [0.29, 0.717) is 10.7 Å². The first-order valence-electron chi connectivity index (χ1n) is 6.11. The average Bonchev–Trinajstić information content (AvgIpc) is 2.48. The van der Waals surface area contributed by atoms with Crippen LogP contribution >= 0.6 is 23.4 Å². The number of halogens is 1. The topological polar surface area (TPSA) is 58.2 Å². The maximum absolute atomic E-state index is 11.9. The zero-order valence-electron chi connectivity index (χ0n) is 11.2. The van der Waals surface area contributed by atoms with Gasteiger partial charge in [0.15, 0.2) is 0 Å². The Morgan fingerprint density at radius 1 is 1.05 bits per heavy atom. The zero-order valence-corrected chi connectivity index (χ0v) is 12.8. The molecule has 108 valence electrons. The van der Waals surface area contributed by atoms with E-state index < -0.39 is 11.9 Å². The monoisotopic (exact) mass is 320 g/mol. The second-order valence-electron chi connectivity index (χ2n) is 4.12. The number of carbonyl (C=O) groups excluding carboxylic acids is 2. The minimum Gasteiger partial charge on any atom is -0.308 e. The molecule has 0 spiro atoms. The highest BCUT2D eigenvalue weighted by Crippen LogP contribution is 2.17. The highest BCUT2D eigenvalue weighted by molar-refractivity contribution is 7.98. The molecule has 0 fully saturated rings. The van der Waals surface area contributed by atoms with Crippen LogP contribution in [0.5, 0.6) is 0 Å². The molecule has 2 N–H and O–H groups in total. The summed E-state index contributed by atoms with van der Waals surface area (Å²) in [6, 6.07) is 13.3. The second kappa shape index (κ2) is 7.15. The van der Waals surface area contributed by atoms with Gasteiger partial charge >= 0.3 is 6.03 Å². The van der Waals surface area contributed by atoms with Crippen LogP contribution in [0.1, 0.15) is 10.4 Å². The van der Waals surface area contributed by atoms with E-state index in [0.717, 1.165) is 4.90 Å². The number of urea groups is 1. The van der Waals surface area contributed by atoms with Gasteiger partial charge in [0.1, 0.15) is 0 Å². The van der Waals surface area contributed by atoms with Gasteiger partial charge in [-0.15, -0.1) is 11.8 Å². The third-order valence-electron chi connectivity index (χ3n) is 2.69. The zero-order chi connectivity index (χ0) is 15.2. The first-order chi connectivity index (χ1) is 10.1. The SMILES string of the molecule is CSc1ccc(NC(=O)NC(=O)c2ccccc2Cl)cc1. The van der Waals surface area contributed by atoms with Crippen molar-refractivity contribution >= 4 is 41.0 Å². The van der Waals surface area contributed by atoms with Crippen LogP contribution in [0.15, 0.2) is 53.4 Å². The lowest BCUT2D eigenvalue weighted by Gasteiger charge is -2.08. The Morgan fingerprint density at radius 2 is 1.71 bits per heavy atom. The molecule has 0 unspecified atom stereocenters. The highest BCUT2D eigenvalue weighted by atomic mass is 35.5. The molecule has 0 heterocycles. The molecule has 2 rings (SSSR count). The van der Waals surface area contributed by atoms with Gasteiger partial charge in [-0.25, -0.2) is 4.79 Å². The molecule has 6 heteroatoms. The molecule has 0 aliphatic carbocycles. The number of hydrogen-bond donors (Lipinski definition) is 2. The summed E-state index contributed by atoms with van der Waals surface area (Å²) in [5.74, 6) is -0.543. The maximum Gasteiger partial charge on any atom is 0.326 e. The number of benzene rings is 2. The van der Waals surface area contributed by atoms with E-state index >= 15 is 0 Å². The van der Waals surface area contributed by atoms with Gasteiger partial charge in [0, 0.05) is 10.6 Å². The quantitative estimate of drug-likeness (QED) is 0.840. The number of imide groups is 1. The van der Waals surface area contributed by atoms with Crippen molar-refractivity contribution in [2.24, 2.45) is 0 Å². The van der Waals surface area contributed by atoms with Crippen molar-refractivity contribution in [3.8, 4) is 0 Å². The van der Waals surface area contributed by atoms with Crippen molar-refractivity contribution in [1.29, 1.82) is 0 Å². The van der Waals surface area contributed by atoms with E-state index in [9.17, 15) is 9.59 Å². The molecule has 2 aromatic rings. The lowest BCUT2D eigenvalue weighted by molar-refractivity contribution is 0.0967. The van der Waals surface area contributed by atoms with Gasteiger partial charge in [-0.2, -0.15) is 0 Å². The smallest absolute Gasteiger partial charge is 0.308 e. The van der Waals surface area contributed by atoms with Gasteiger partial charge < -0.3 is 5.32 Å². The Balaban J connectivity index is 1.98. The lowest BCUT2D eigenvalue weighted by Crippen LogP contribution is -2.34. The van der Waals surface area contributed by atoms with Crippen LogP contribution in [-0.4, -0.2) is 18.2 Å². The minimum absolute atomic E-state index is 0.257. The Kier molecular flexibility index (Phi) is 5.25. The Labute approximate surface area is 131 Å². The Bertz CT molecular complexity index is 659. The predicted octanol–water partition coefficient (Wildman–Crippen LogP) is 4.02. The third-order valence-corrected chi connectivity index (χ3v) is 3.77. The Morgan fingerprint density at radius 3 is 2.33 bits per heavy atom. The van der Waals surface area contributed by atoms with Crippen LogP contribution < -0.4 is 10.6 Å². The van der Waals surface area contributed by atoms with Crippen LogP contribution in [-0.2, 0) is 0 Å². The molecule has 0 atom stereocenters. The van der Waals surface area contributed by atoms with Gasteiger partial charge in [0.25, 0.3) is 5.91 Å². The van der Waals surface area contributed by atoms with E-state index in [2.05, 4.69) is 10.6 Å². The first kappa shape index (κ1) is 15.4.